The van der Waals surface area contributed by atoms with Crippen LogP contribution in [0.25, 0.3) is 0 Å². The first-order valence-electron chi connectivity index (χ1n) is 7.77. The maximum atomic E-state index is 12.5. The molecule has 0 bridgehead atoms. The maximum absolute atomic E-state index is 12.5. The van der Waals surface area contributed by atoms with Crippen LogP contribution in [0.2, 0.25) is 0 Å². The summed E-state index contributed by atoms with van der Waals surface area (Å²) in [6.07, 6.45) is 1.20. The van der Waals surface area contributed by atoms with E-state index in [-0.39, 0.29) is 18.4 Å². The predicted octanol–water partition coefficient (Wildman–Crippen LogP) is 0.666. The van der Waals surface area contributed by atoms with Gasteiger partial charge in [0.1, 0.15) is 0 Å². The first-order chi connectivity index (χ1) is 9.95. The Balaban J connectivity index is 1.91. The summed E-state index contributed by atoms with van der Waals surface area (Å²) < 4.78 is 5.34. The highest BCUT2D eigenvalue weighted by Crippen LogP contribution is 2.21. The normalized spacial score (nSPS) is 31.1. The summed E-state index contributed by atoms with van der Waals surface area (Å²) in [5.74, 6) is 0.350. The molecular formula is C15H26N2O4. The Morgan fingerprint density at radius 1 is 1.24 bits per heavy atom. The van der Waals surface area contributed by atoms with E-state index in [0.717, 1.165) is 13.1 Å². The van der Waals surface area contributed by atoms with E-state index in [2.05, 4.69) is 13.8 Å². The minimum atomic E-state index is -0.844. The van der Waals surface area contributed by atoms with Crippen molar-refractivity contribution in [3.63, 3.8) is 0 Å². The Labute approximate surface area is 126 Å². The van der Waals surface area contributed by atoms with Crippen LogP contribution < -0.4 is 0 Å². The zero-order valence-electron chi connectivity index (χ0n) is 13.0. The van der Waals surface area contributed by atoms with E-state index in [1.165, 1.54) is 6.42 Å². The summed E-state index contributed by atoms with van der Waals surface area (Å²) >= 11 is 0. The van der Waals surface area contributed by atoms with Crippen LogP contribution in [0.1, 0.15) is 26.7 Å². The van der Waals surface area contributed by atoms with Gasteiger partial charge in [0.15, 0.2) is 0 Å². The van der Waals surface area contributed by atoms with Gasteiger partial charge in [-0.1, -0.05) is 13.8 Å². The second-order valence-corrected chi connectivity index (χ2v) is 6.54. The van der Waals surface area contributed by atoms with Crippen LogP contribution in [0.5, 0.6) is 0 Å². The third-order valence-corrected chi connectivity index (χ3v) is 4.32. The molecule has 3 atom stereocenters. The largest absolute Gasteiger partial charge is 0.481 e. The number of carbonyl (C=O) groups is 2. The Hall–Kier alpha value is -1.14. The Morgan fingerprint density at radius 3 is 2.52 bits per heavy atom. The second-order valence-electron chi connectivity index (χ2n) is 6.54. The van der Waals surface area contributed by atoms with Crippen LogP contribution in [0.4, 0.5) is 0 Å². The van der Waals surface area contributed by atoms with E-state index >= 15 is 0 Å². The summed E-state index contributed by atoms with van der Waals surface area (Å²) in [6.45, 7) is 7.88. The molecule has 0 aromatic rings. The van der Waals surface area contributed by atoms with Gasteiger partial charge in [0.2, 0.25) is 5.91 Å². The molecule has 21 heavy (non-hydrogen) atoms. The van der Waals surface area contributed by atoms with Crippen LogP contribution >= 0.6 is 0 Å². The van der Waals surface area contributed by atoms with Gasteiger partial charge in [-0.25, -0.2) is 0 Å². The lowest BCUT2D eigenvalue weighted by Gasteiger charge is -2.39. The fourth-order valence-corrected chi connectivity index (χ4v) is 3.43. The molecule has 0 spiro atoms. The van der Waals surface area contributed by atoms with Gasteiger partial charge in [-0.05, 0) is 18.3 Å². The van der Waals surface area contributed by atoms with Crippen molar-refractivity contribution in [2.45, 2.75) is 32.7 Å². The fourth-order valence-electron chi connectivity index (χ4n) is 3.43. The standard InChI is InChI=1S/C15H26N2O4/c1-11-5-12(2)8-17(7-11)14(18)9-16-3-4-21-10-13(16)6-15(19)20/h11-13H,3-10H2,1-2H3,(H,19,20). The SMILES string of the molecule is CC1CC(C)CN(C(=O)CN2CCOCC2CC(=O)O)C1. The number of hydrogen-bond acceptors (Lipinski definition) is 4. The van der Waals surface area contributed by atoms with Crippen molar-refractivity contribution in [1.82, 2.24) is 9.80 Å². The third kappa shape index (κ3) is 4.68. The van der Waals surface area contributed by atoms with Gasteiger partial charge < -0.3 is 14.7 Å². The number of morpholine rings is 1. The number of likely N-dealkylation sites (tertiary alicyclic amines) is 1. The van der Waals surface area contributed by atoms with Crippen molar-refractivity contribution >= 4 is 11.9 Å². The molecule has 0 saturated carbocycles. The van der Waals surface area contributed by atoms with E-state index in [9.17, 15) is 9.59 Å². The number of rotatable bonds is 4. The number of carboxylic acids is 1. The average molecular weight is 298 g/mol. The molecule has 120 valence electrons. The van der Waals surface area contributed by atoms with Crippen LogP contribution in [-0.4, -0.2) is 72.2 Å². The molecule has 0 aromatic heterocycles. The number of aliphatic carboxylic acids is 1. The van der Waals surface area contributed by atoms with Gasteiger partial charge in [-0.2, -0.15) is 0 Å². The van der Waals surface area contributed by atoms with Gasteiger partial charge in [-0.15, -0.1) is 0 Å². The van der Waals surface area contributed by atoms with Gasteiger partial charge in [0, 0.05) is 25.7 Å². The molecule has 2 rings (SSSR count). The summed E-state index contributed by atoms with van der Waals surface area (Å²) in [5, 5.41) is 8.96. The minimum Gasteiger partial charge on any atom is -0.481 e. The molecule has 2 heterocycles. The van der Waals surface area contributed by atoms with E-state index in [0.29, 0.717) is 38.1 Å². The number of amides is 1. The van der Waals surface area contributed by atoms with Crippen LogP contribution in [0.15, 0.2) is 0 Å². The van der Waals surface area contributed by atoms with Crippen molar-refractivity contribution < 1.29 is 19.4 Å². The lowest BCUT2D eigenvalue weighted by Crippen LogP contribution is -2.52. The Bertz CT molecular complexity index is 378. The highest BCUT2D eigenvalue weighted by atomic mass is 16.5. The van der Waals surface area contributed by atoms with Crippen molar-refractivity contribution in [1.29, 1.82) is 0 Å². The second kappa shape index (κ2) is 7.22. The highest BCUT2D eigenvalue weighted by Gasteiger charge is 2.30. The molecule has 0 aliphatic carbocycles. The number of carbonyl (C=O) groups excluding carboxylic acids is 1. The summed E-state index contributed by atoms with van der Waals surface area (Å²) in [7, 11) is 0. The van der Waals surface area contributed by atoms with Crippen molar-refractivity contribution in [3.8, 4) is 0 Å². The molecule has 2 aliphatic rings. The number of nitrogens with zero attached hydrogens (tertiary/aromatic N) is 2. The third-order valence-electron chi connectivity index (χ3n) is 4.32. The highest BCUT2D eigenvalue weighted by molar-refractivity contribution is 5.78. The van der Waals surface area contributed by atoms with Gasteiger partial charge >= 0.3 is 5.97 Å². The summed E-state index contributed by atoms with van der Waals surface area (Å²) in [6, 6.07) is -0.195. The lowest BCUT2D eigenvalue weighted by molar-refractivity contribution is -0.144. The van der Waals surface area contributed by atoms with E-state index in [1.54, 1.807) is 0 Å². The maximum Gasteiger partial charge on any atom is 0.305 e. The van der Waals surface area contributed by atoms with Gasteiger partial charge in [-0.3, -0.25) is 14.5 Å². The molecule has 0 radical (unpaired) electrons. The molecule has 1 amide bonds. The van der Waals surface area contributed by atoms with Gasteiger partial charge in [0.25, 0.3) is 0 Å². The fraction of sp³-hybridized carbons (Fsp3) is 0.867. The molecule has 2 fully saturated rings. The quantitative estimate of drug-likeness (QED) is 0.826. The van der Waals surface area contributed by atoms with E-state index < -0.39 is 5.97 Å². The first-order valence-corrected chi connectivity index (χ1v) is 7.77. The average Bonchev–Trinajstić information content (AvgIpc) is 2.39. The number of piperidine rings is 1. The minimum absolute atomic E-state index is 0.0279. The zero-order valence-corrected chi connectivity index (χ0v) is 13.0. The predicted molar refractivity (Wildman–Crippen MR) is 78.0 cm³/mol. The topological polar surface area (TPSA) is 70.1 Å². The van der Waals surface area contributed by atoms with Gasteiger partial charge in [0.05, 0.1) is 26.2 Å². The molecule has 2 saturated heterocycles. The number of hydrogen-bond donors (Lipinski definition) is 1. The van der Waals surface area contributed by atoms with E-state index in [4.69, 9.17) is 9.84 Å². The Kier molecular flexibility index (Phi) is 5.58. The molecule has 1 N–H and O–H groups in total. The monoisotopic (exact) mass is 298 g/mol. The number of ether oxygens (including phenoxy) is 1. The lowest BCUT2D eigenvalue weighted by atomic mass is 9.92. The molecule has 6 heteroatoms. The molecule has 3 unspecified atom stereocenters. The first kappa shape index (κ1) is 16.2. The van der Waals surface area contributed by atoms with Crippen molar-refractivity contribution in [2.75, 3.05) is 39.4 Å². The molecular weight excluding hydrogens is 272 g/mol. The van der Waals surface area contributed by atoms with Crippen LogP contribution in [0, 0.1) is 11.8 Å². The molecule has 6 nitrogen and oxygen atoms in total. The molecule has 0 aromatic carbocycles. The summed E-state index contributed by atoms with van der Waals surface area (Å²) in [5.41, 5.74) is 0. The number of carboxylic acid groups (broad SMARTS) is 1. The van der Waals surface area contributed by atoms with Crippen LogP contribution in [-0.2, 0) is 14.3 Å². The van der Waals surface area contributed by atoms with E-state index in [1.807, 2.05) is 9.80 Å². The summed E-state index contributed by atoms with van der Waals surface area (Å²) in [4.78, 5) is 27.3. The molecule has 2 aliphatic heterocycles. The van der Waals surface area contributed by atoms with Crippen molar-refractivity contribution in [2.24, 2.45) is 11.8 Å². The van der Waals surface area contributed by atoms with Crippen molar-refractivity contribution in [3.05, 3.63) is 0 Å². The van der Waals surface area contributed by atoms with Crippen LogP contribution in [0.3, 0.4) is 0 Å². The smallest absolute Gasteiger partial charge is 0.305 e. The zero-order chi connectivity index (χ0) is 15.4. The Morgan fingerprint density at radius 2 is 1.90 bits per heavy atom.